The van der Waals surface area contributed by atoms with E-state index < -0.39 is 229 Å². The number of carbonyl (C=O) groups excluding carboxylic acids is 13. The van der Waals surface area contributed by atoms with Gasteiger partial charge in [0.1, 0.15) is 78.4 Å². The number of aliphatic hydroxyl groups is 4. The zero-order valence-corrected chi connectivity index (χ0v) is 65.1. The van der Waals surface area contributed by atoms with Crippen molar-refractivity contribution in [2.45, 2.75) is 243 Å². The number of phenolic OH excluding ortho intramolecular Hbond substituents is 1. The van der Waals surface area contributed by atoms with Crippen LogP contribution in [0, 0.1) is 35.5 Å². The Morgan fingerprint density at radius 1 is 0.667 bits per heavy atom. The van der Waals surface area contributed by atoms with Crippen LogP contribution in [0.1, 0.15) is 158 Å². The number of aliphatic imine (C=N–C) groups is 2. The summed E-state index contributed by atoms with van der Waals surface area (Å²) in [6.07, 6.45) is -14.0. The SMILES string of the molecule is COC(c1ccc(O)cc1)C1NC(=O)C(CCC(=O)O)N(C)C(=O)C(CC(C)C)NC(=O)C(CCCN=C(N)N)NC(=O)C(C(C)O)NC(=O)C(NC(=O)C(NC(=O)C(O)C(O)C(CCCN=C(N)N)NC(=O)C(CC(N)=O)NC(=O)C(C)C(O)C(C)CC(C)C)C(C)C(C)C(N)=O)C(C)OC(=O)C2CCCCN2C1=O. The molecule has 12 amide bonds. The van der Waals surface area contributed by atoms with Crippen molar-refractivity contribution in [3.8, 4) is 5.75 Å². The molecule has 26 N–H and O–H groups in total. The van der Waals surface area contributed by atoms with Gasteiger partial charge in [0.05, 0.1) is 30.6 Å². The molecule has 0 aliphatic carbocycles. The Balaban J connectivity index is 2.38. The molecule has 40 heteroatoms. The fourth-order valence-corrected chi connectivity index (χ4v) is 13.0. The van der Waals surface area contributed by atoms with Crippen LogP contribution in [-0.4, -0.2) is 260 Å². The van der Waals surface area contributed by atoms with Gasteiger partial charge in [-0.1, -0.05) is 67.5 Å². The Labute approximate surface area is 644 Å². The number of aliphatic hydroxyl groups excluding tert-OH is 4. The molecule has 0 spiro atoms. The standard InChI is InChI=1S/C71H118N18O22/c1-32(2)29-34(5)54(95)37(8)59(99)82-44(31-48(72)92)61(101)80-42(17-15-26-78-70(74)75)55(96)56(97)66(106)84-50(35(6)36(7)58(73)98)63(103)86-52-39(10)111-69(109)47-19-13-14-28-89(47)68(108)53(57(110-12)40-20-22-41(91)23-21-40)87-62(102)46(24-25-49(93)94)88(11)67(107)45(30-33(3)4)83-60(100)43(18-16-27-79-71(76)77)81-64(104)51(38(9)90)85-65(52)105/h20-23,32-39,42-47,50-57,90-91,95-97H,13-19,24-31H2,1-12H3,(H2,72,92)(H2,73,98)(H,80,101)(H,81,104)(H,82,99)(H,83,100)(H,84,106)(H,85,105)(H,86,103)(H,87,102)(H,93,94)(H4,74,75,78)(H4,76,77,79). The molecule has 2 fully saturated rings. The third-order valence-corrected chi connectivity index (χ3v) is 19.5. The highest BCUT2D eigenvalue weighted by Crippen LogP contribution is 2.30. The van der Waals surface area contributed by atoms with Crippen molar-refractivity contribution in [3.63, 3.8) is 0 Å². The van der Waals surface area contributed by atoms with Gasteiger partial charge in [-0.3, -0.25) is 72.3 Å². The number of hydrogen-bond donors (Lipinski definition) is 20. The number of ether oxygens (including phenoxy) is 2. The molecule has 0 radical (unpaired) electrons. The quantitative estimate of drug-likeness (QED) is 0.0129. The average molecular weight is 1580 g/mol. The van der Waals surface area contributed by atoms with E-state index >= 15 is 24.0 Å². The van der Waals surface area contributed by atoms with Crippen molar-refractivity contribution in [1.82, 2.24) is 52.3 Å². The van der Waals surface area contributed by atoms with Crippen LogP contribution >= 0.6 is 0 Å². The van der Waals surface area contributed by atoms with E-state index in [4.69, 9.17) is 43.9 Å². The number of phenols is 1. The molecule has 0 saturated carbocycles. The lowest BCUT2D eigenvalue weighted by atomic mass is 9.87. The molecule has 20 unspecified atom stereocenters. The molecular weight excluding hydrogens is 1460 g/mol. The second-order valence-electron chi connectivity index (χ2n) is 29.4. The number of aliphatic carboxylic acids is 1. The van der Waals surface area contributed by atoms with E-state index in [0.717, 1.165) is 30.7 Å². The van der Waals surface area contributed by atoms with Gasteiger partial charge < -0.3 is 127 Å². The van der Waals surface area contributed by atoms with Gasteiger partial charge >= 0.3 is 11.9 Å². The molecule has 2 saturated heterocycles. The second-order valence-corrected chi connectivity index (χ2v) is 29.4. The third kappa shape index (κ3) is 29.6. The van der Waals surface area contributed by atoms with Gasteiger partial charge in [-0.15, -0.1) is 0 Å². The monoisotopic (exact) mass is 1570 g/mol. The minimum Gasteiger partial charge on any atom is -0.508 e. The number of carbonyl (C=O) groups is 14. The van der Waals surface area contributed by atoms with Crippen molar-refractivity contribution >= 4 is 94.7 Å². The van der Waals surface area contributed by atoms with Crippen molar-refractivity contribution in [2.24, 2.45) is 79.9 Å². The van der Waals surface area contributed by atoms with Gasteiger partial charge in [0.2, 0.25) is 65.0 Å². The Bertz CT molecular complexity index is 3430. The number of primary amides is 2. The van der Waals surface area contributed by atoms with Gasteiger partial charge in [0.15, 0.2) is 18.0 Å². The maximum absolute atomic E-state index is 15.6. The Hall–Kier alpha value is -10.1. The number of fused-ring (bicyclic) bond motifs is 1. The Morgan fingerprint density at radius 3 is 1.81 bits per heavy atom. The summed E-state index contributed by atoms with van der Waals surface area (Å²) in [7, 11) is 2.34. The van der Waals surface area contributed by atoms with Crippen molar-refractivity contribution in [3.05, 3.63) is 29.8 Å². The van der Waals surface area contributed by atoms with E-state index in [1.165, 1.54) is 52.1 Å². The summed E-state index contributed by atoms with van der Waals surface area (Å²) in [6.45, 7) is 14.3. The number of piperidine rings is 1. The second kappa shape index (κ2) is 45.3. The summed E-state index contributed by atoms with van der Waals surface area (Å²) < 4.78 is 11.9. The number of likely N-dealkylation sites (N-methyl/N-ethyl adjacent to an activating group) is 1. The zero-order chi connectivity index (χ0) is 84.2. The first-order chi connectivity index (χ1) is 51.8. The molecule has 2 aliphatic heterocycles. The summed E-state index contributed by atoms with van der Waals surface area (Å²) in [6, 6.07) is -13.3. The number of amides is 12. The van der Waals surface area contributed by atoms with Crippen LogP contribution in [0.3, 0.4) is 0 Å². The van der Waals surface area contributed by atoms with Crippen LogP contribution in [-0.2, 0) is 76.6 Å². The summed E-state index contributed by atoms with van der Waals surface area (Å²) in [5.74, 6) is -22.5. The molecular formula is C71H118N18O22. The lowest BCUT2D eigenvalue weighted by Crippen LogP contribution is -2.65. The number of carboxylic acid groups (broad SMARTS) is 1. The molecule has 0 aromatic heterocycles. The van der Waals surface area contributed by atoms with E-state index in [9.17, 15) is 73.8 Å². The molecule has 1 aromatic rings. The maximum Gasteiger partial charge on any atom is 0.329 e. The number of hydrogen-bond acceptors (Lipinski definition) is 23. The summed E-state index contributed by atoms with van der Waals surface area (Å²) in [4.78, 5) is 210. The number of rotatable bonds is 36. The molecule has 0 bridgehead atoms. The molecule has 1 aromatic carbocycles. The number of carboxylic acids is 1. The summed E-state index contributed by atoms with van der Waals surface area (Å²) >= 11 is 0. The maximum atomic E-state index is 15.6. The summed E-state index contributed by atoms with van der Waals surface area (Å²) in [5.41, 5.74) is 33.6. The fourth-order valence-electron chi connectivity index (χ4n) is 13.0. The fraction of sp³-hybridized carbons (Fsp3) is 0.690. The van der Waals surface area contributed by atoms with E-state index in [0.29, 0.717) is 6.42 Å². The molecule has 3 rings (SSSR count). The van der Waals surface area contributed by atoms with Gasteiger partial charge in [-0.25, -0.2) is 4.79 Å². The van der Waals surface area contributed by atoms with Crippen molar-refractivity contribution in [2.75, 3.05) is 33.8 Å². The van der Waals surface area contributed by atoms with Crippen LogP contribution in [0.2, 0.25) is 0 Å². The predicted molar refractivity (Wildman–Crippen MR) is 400 cm³/mol. The first kappa shape index (κ1) is 95.1. The van der Waals surface area contributed by atoms with Crippen LogP contribution in [0.5, 0.6) is 5.75 Å². The van der Waals surface area contributed by atoms with Crippen molar-refractivity contribution < 1.29 is 107 Å². The highest BCUT2D eigenvalue weighted by Gasteiger charge is 2.47. The van der Waals surface area contributed by atoms with E-state index in [2.05, 4.69) is 52.5 Å². The first-order valence-corrected chi connectivity index (χ1v) is 37.0. The zero-order valence-electron chi connectivity index (χ0n) is 65.1. The first-order valence-electron chi connectivity index (χ1n) is 37.0. The Kier molecular flexibility index (Phi) is 38.8. The van der Waals surface area contributed by atoms with Gasteiger partial charge in [0, 0.05) is 46.1 Å². The molecule has 111 heavy (non-hydrogen) atoms. The van der Waals surface area contributed by atoms with Gasteiger partial charge in [-0.2, -0.15) is 0 Å². The van der Waals surface area contributed by atoms with Gasteiger partial charge in [-0.05, 0) is 119 Å². The smallest absolute Gasteiger partial charge is 0.329 e. The number of guanidine groups is 2. The Morgan fingerprint density at radius 2 is 1.26 bits per heavy atom. The number of benzene rings is 1. The summed E-state index contributed by atoms with van der Waals surface area (Å²) in [5, 5.41) is 86.0. The number of cyclic esters (lactones) is 1. The van der Waals surface area contributed by atoms with Crippen LogP contribution in [0.15, 0.2) is 34.3 Å². The van der Waals surface area contributed by atoms with Gasteiger partial charge in [0.25, 0.3) is 5.91 Å². The number of aromatic hydroxyl groups is 1. The molecule has 40 nitrogen and oxygen atoms in total. The minimum absolute atomic E-state index is 0.0625. The molecule has 624 valence electrons. The highest BCUT2D eigenvalue weighted by atomic mass is 16.5. The van der Waals surface area contributed by atoms with Crippen LogP contribution in [0.4, 0.5) is 0 Å². The number of methoxy groups -OCH3 is 1. The third-order valence-electron chi connectivity index (χ3n) is 19.5. The number of nitrogens with one attached hydrogen (secondary N) is 8. The largest absolute Gasteiger partial charge is 0.508 e. The minimum atomic E-state index is -2.67. The van der Waals surface area contributed by atoms with Crippen molar-refractivity contribution in [1.29, 1.82) is 0 Å². The number of nitrogens with zero attached hydrogens (tertiary/aromatic N) is 4. The van der Waals surface area contributed by atoms with Crippen LogP contribution < -0.4 is 76.9 Å². The molecule has 2 heterocycles. The highest BCUT2D eigenvalue weighted by molar-refractivity contribution is 6.00. The normalized spacial score (nSPS) is 23.2. The lowest BCUT2D eigenvalue weighted by molar-refractivity contribution is -0.165. The average Bonchev–Trinajstić information content (AvgIpc) is 0.786. The van der Waals surface area contributed by atoms with E-state index in [1.807, 2.05) is 13.8 Å². The molecule has 2 aliphatic rings. The van der Waals surface area contributed by atoms with E-state index in [1.54, 1.807) is 20.8 Å². The predicted octanol–water partition coefficient (Wildman–Crippen LogP) is -5.46. The van der Waals surface area contributed by atoms with Crippen LogP contribution in [0.25, 0.3) is 0 Å². The topological polar surface area (TPSA) is 662 Å². The molecule has 20 atom stereocenters. The number of esters is 1. The van der Waals surface area contributed by atoms with E-state index in [-0.39, 0.29) is 100 Å². The number of nitrogens with two attached hydrogens (primary N) is 6. The lowest BCUT2D eigenvalue weighted by Gasteiger charge is -2.39.